The van der Waals surface area contributed by atoms with E-state index in [0.29, 0.717) is 12.5 Å². The molecule has 3 rings (SSSR count). The van der Waals surface area contributed by atoms with Crippen LogP contribution in [0.25, 0.3) is 0 Å². The standard InChI is InChI=1S/C20H26FN3O2.HI/c1-24(14-16-4-2-5-18(21)12-16)20(23-13-17-8-11-25-15-17)22-9-7-19-6-3-10-26-19;/h2-6,10,12,17H,7-9,11,13-15H2,1H3,(H,22,23);1H. The molecule has 0 saturated carbocycles. The smallest absolute Gasteiger partial charge is 0.193 e. The summed E-state index contributed by atoms with van der Waals surface area (Å²) in [6, 6.07) is 10.5. The van der Waals surface area contributed by atoms with Gasteiger partial charge in [0.25, 0.3) is 0 Å². The van der Waals surface area contributed by atoms with Gasteiger partial charge in [-0.05, 0) is 36.2 Å². The Morgan fingerprint density at radius 2 is 2.22 bits per heavy atom. The van der Waals surface area contributed by atoms with Crippen molar-refractivity contribution in [3.63, 3.8) is 0 Å². The maximum atomic E-state index is 13.4. The minimum Gasteiger partial charge on any atom is -0.469 e. The summed E-state index contributed by atoms with van der Waals surface area (Å²) in [5, 5.41) is 3.40. The van der Waals surface area contributed by atoms with Crippen LogP contribution in [0.4, 0.5) is 4.39 Å². The molecule has 1 N–H and O–H groups in total. The third kappa shape index (κ3) is 7.14. The summed E-state index contributed by atoms with van der Waals surface area (Å²) in [7, 11) is 1.97. The molecule has 5 nitrogen and oxygen atoms in total. The Bertz CT molecular complexity index is 703. The molecule has 7 heteroatoms. The van der Waals surface area contributed by atoms with E-state index >= 15 is 0 Å². The number of hydrogen-bond acceptors (Lipinski definition) is 3. The lowest BCUT2D eigenvalue weighted by Gasteiger charge is -2.23. The Kier molecular flexibility index (Phi) is 9.06. The highest BCUT2D eigenvalue weighted by Gasteiger charge is 2.16. The first-order valence-corrected chi connectivity index (χ1v) is 9.05. The van der Waals surface area contributed by atoms with E-state index in [9.17, 15) is 4.39 Å². The maximum absolute atomic E-state index is 13.4. The van der Waals surface area contributed by atoms with Crippen LogP contribution in [0.1, 0.15) is 17.7 Å². The highest BCUT2D eigenvalue weighted by molar-refractivity contribution is 14.0. The number of aliphatic imine (C=N–C) groups is 1. The van der Waals surface area contributed by atoms with Crippen LogP contribution in [-0.4, -0.2) is 44.2 Å². The first-order chi connectivity index (χ1) is 12.7. The minimum atomic E-state index is -0.219. The Morgan fingerprint density at radius 1 is 1.33 bits per heavy atom. The molecule has 1 atom stereocenters. The van der Waals surface area contributed by atoms with Crippen molar-refractivity contribution in [1.29, 1.82) is 0 Å². The van der Waals surface area contributed by atoms with Crippen LogP contribution in [0.2, 0.25) is 0 Å². The van der Waals surface area contributed by atoms with Crippen molar-refractivity contribution >= 4 is 29.9 Å². The number of ether oxygens (including phenoxy) is 1. The third-order valence-electron chi connectivity index (χ3n) is 4.43. The van der Waals surface area contributed by atoms with Crippen LogP contribution < -0.4 is 5.32 Å². The van der Waals surface area contributed by atoms with Gasteiger partial charge >= 0.3 is 0 Å². The van der Waals surface area contributed by atoms with Gasteiger partial charge in [-0.25, -0.2) is 4.39 Å². The van der Waals surface area contributed by atoms with E-state index in [1.54, 1.807) is 18.4 Å². The van der Waals surface area contributed by atoms with E-state index < -0.39 is 0 Å². The van der Waals surface area contributed by atoms with Crippen molar-refractivity contribution in [2.45, 2.75) is 19.4 Å². The Labute approximate surface area is 177 Å². The van der Waals surface area contributed by atoms with Gasteiger partial charge in [0, 0.05) is 45.6 Å². The third-order valence-corrected chi connectivity index (χ3v) is 4.43. The average molecular weight is 487 g/mol. The molecule has 1 aromatic heterocycles. The number of nitrogens with zero attached hydrogens (tertiary/aromatic N) is 2. The Hall–Kier alpha value is -1.61. The lowest BCUT2D eigenvalue weighted by Crippen LogP contribution is -2.40. The lowest BCUT2D eigenvalue weighted by atomic mass is 10.1. The van der Waals surface area contributed by atoms with Gasteiger partial charge in [-0.1, -0.05) is 12.1 Å². The van der Waals surface area contributed by atoms with E-state index in [1.807, 2.05) is 30.1 Å². The average Bonchev–Trinajstić information content (AvgIpc) is 3.31. The molecule has 0 spiro atoms. The lowest BCUT2D eigenvalue weighted by molar-refractivity contribution is 0.187. The van der Waals surface area contributed by atoms with Gasteiger partial charge in [-0.15, -0.1) is 24.0 Å². The first-order valence-electron chi connectivity index (χ1n) is 9.05. The molecule has 0 aliphatic carbocycles. The summed E-state index contributed by atoms with van der Waals surface area (Å²) >= 11 is 0. The quantitative estimate of drug-likeness (QED) is 0.368. The number of nitrogens with one attached hydrogen (secondary N) is 1. The van der Waals surface area contributed by atoms with Gasteiger partial charge < -0.3 is 19.4 Å². The highest BCUT2D eigenvalue weighted by Crippen LogP contribution is 2.13. The molecule has 2 aromatic rings. The zero-order valence-electron chi connectivity index (χ0n) is 15.6. The molecule has 1 aromatic carbocycles. The molecular formula is C20H27FIN3O2. The number of halogens is 2. The summed E-state index contributed by atoms with van der Waals surface area (Å²) in [5.41, 5.74) is 0.914. The van der Waals surface area contributed by atoms with Crippen molar-refractivity contribution in [1.82, 2.24) is 10.2 Å². The molecule has 1 aliphatic heterocycles. The molecule has 0 radical (unpaired) electrons. The molecule has 148 valence electrons. The summed E-state index contributed by atoms with van der Waals surface area (Å²) < 4.78 is 24.2. The number of guanidine groups is 1. The fraction of sp³-hybridized carbons (Fsp3) is 0.450. The molecule has 1 saturated heterocycles. The fourth-order valence-corrected chi connectivity index (χ4v) is 2.99. The number of benzene rings is 1. The van der Waals surface area contributed by atoms with Gasteiger partial charge in [0.15, 0.2) is 5.96 Å². The van der Waals surface area contributed by atoms with Gasteiger partial charge in [0.05, 0.1) is 12.9 Å². The van der Waals surface area contributed by atoms with E-state index in [0.717, 1.165) is 56.4 Å². The first kappa shape index (κ1) is 21.7. The van der Waals surface area contributed by atoms with Crippen molar-refractivity contribution < 1.29 is 13.5 Å². The second kappa shape index (κ2) is 11.3. The molecule has 27 heavy (non-hydrogen) atoms. The van der Waals surface area contributed by atoms with Crippen molar-refractivity contribution in [2.24, 2.45) is 10.9 Å². The maximum Gasteiger partial charge on any atom is 0.193 e. The van der Waals surface area contributed by atoms with Crippen molar-refractivity contribution in [3.05, 3.63) is 59.8 Å². The normalized spacial score (nSPS) is 16.8. The largest absolute Gasteiger partial charge is 0.469 e. The van der Waals surface area contributed by atoms with Crippen LogP contribution in [-0.2, 0) is 17.7 Å². The molecule has 0 bridgehead atoms. The van der Waals surface area contributed by atoms with Crippen molar-refractivity contribution in [2.75, 3.05) is 33.4 Å². The molecule has 1 unspecified atom stereocenters. The summed E-state index contributed by atoms with van der Waals surface area (Å²) in [6.07, 6.45) is 3.52. The van der Waals surface area contributed by atoms with Crippen LogP contribution in [0.5, 0.6) is 0 Å². The zero-order chi connectivity index (χ0) is 18.2. The van der Waals surface area contributed by atoms with E-state index in [4.69, 9.17) is 14.1 Å². The second-order valence-corrected chi connectivity index (χ2v) is 6.64. The van der Waals surface area contributed by atoms with E-state index in [2.05, 4.69) is 5.32 Å². The van der Waals surface area contributed by atoms with Crippen LogP contribution >= 0.6 is 24.0 Å². The van der Waals surface area contributed by atoms with Crippen molar-refractivity contribution in [3.8, 4) is 0 Å². The monoisotopic (exact) mass is 487 g/mol. The summed E-state index contributed by atoms with van der Waals surface area (Å²) in [6.45, 7) is 3.64. The van der Waals surface area contributed by atoms with Crippen LogP contribution in [0.15, 0.2) is 52.1 Å². The topological polar surface area (TPSA) is 50.0 Å². The molecule has 1 fully saturated rings. The summed E-state index contributed by atoms with van der Waals surface area (Å²) in [5.74, 6) is 2.00. The van der Waals surface area contributed by atoms with Gasteiger partial charge in [0.2, 0.25) is 0 Å². The van der Waals surface area contributed by atoms with E-state index in [1.165, 1.54) is 6.07 Å². The van der Waals surface area contributed by atoms with Gasteiger partial charge in [-0.2, -0.15) is 0 Å². The second-order valence-electron chi connectivity index (χ2n) is 6.64. The predicted octanol–water partition coefficient (Wildman–Crippen LogP) is 3.69. The molecule has 1 aliphatic rings. The SMILES string of the molecule is CN(Cc1cccc(F)c1)C(=NCC1CCOC1)NCCc1ccco1.I. The van der Waals surface area contributed by atoms with E-state index in [-0.39, 0.29) is 29.8 Å². The number of rotatable bonds is 7. The minimum absolute atomic E-state index is 0. The number of furan rings is 1. The molecule has 0 amide bonds. The molecular weight excluding hydrogens is 460 g/mol. The van der Waals surface area contributed by atoms with Crippen LogP contribution in [0.3, 0.4) is 0 Å². The Balaban J connectivity index is 0.00000261. The summed E-state index contributed by atoms with van der Waals surface area (Å²) in [4.78, 5) is 6.79. The fourth-order valence-electron chi connectivity index (χ4n) is 2.99. The van der Waals surface area contributed by atoms with Gasteiger partial charge in [-0.3, -0.25) is 4.99 Å². The number of hydrogen-bond donors (Lipinski definition) is 1. The molecule has 2 heterocycles. The Morgan fingerprint density at radius 3 is 2.93 bits per heavy atom. The predicted molar refractivity (Wildman–Crippen MR) is 115 cm³/mol. The van der Waals surface area contributed by atoms with Crippen LogP contribution in [0, 0.1) is 11.7 Å². The van der Waals surface area contributed by atoms with Gasteiger partial charge in [0.1, 0.15) is 11.6 Å². The highest BCUT2D eigenvalue weighted by atomic mass is 127. The zero-order valence-corrected chi connectivity index (χ0v) is 17.9.